The first-order valence-corrected chi connectivity index (χ1v) is 15.7. The fraction of sp³-hybridized carbons (Fsp3) is 0.324. The Morgan fingerprint density at radius 1 is 0.917 bits per heavy atom. The Morgan fingerprint density at radius 3 is 2.35 bits per heavy atom. The molecule has 14 heteroatoms. The number of amides is 1. The maximum Gasteiger partial charge on any atom is 0.426 e. The minimum absolute atomic E-state index is 0.0660. The Bertz CT molecular complexity index is 1710. The number of carbonyl (C=O) groups excluding carboxylic acids is 1. The average Bonchev–Trinajstić information content (AvgIpc) is 3.09. The van der Waals surface area contributed by atoms with Crippen LogP contribution in [0.5, 0.6) is 28.9 Å². The Balaban J connectivity index is 1.28. The molecule has 48 heavy (non-hydrogen) atoms. The van der Waals surface area contributed by atoms with Crippen molar-refractivity contribution in [3.63, 3.8) is 0 Å². The lowest BCUT2D eigenvalue weighted by atomic mass is 10.2. The highest BCUT2D eigenvalue weighted by Gasteiger charge is 2.28. The van der Waals surface area contributed by atoms with Gasteiger partial charge < -0.3 is 38.8 Å². The summed E-state index contributed by atoms with van der Waals surface area (Å²) in [5.41, 5.74) is 1.06. The van der Waals surface area contributed by atoms with Gasteiger partial charge in [0, 0.05) is 73.9 Å². The number of carbonyl (C=O) groups is 1. The van der Waals surface area contributed by atoms with Crippen LogP contribution in [0.15, 0.2) is 66.9 Å². The van der Waals surface area contributed by atoms with E-state index in [9.17, 15) is 9.18 Å². The Morgan fingerprint density at radius 2 is 1.65 bits per heavy atom. The lowest BCUT2D eigenvalue weighted by Gasteiger charge is -2.32. The van der Waals surface area contributed by atoms with Gasteiger partial charge >= 0.3 is 6.09 Å². The topological polar surface area (TPSA) is 111 Å². The van der Waals surface area contributed by atoms with Crippen LogP contribution in [0.1, 0.15) is 6.42 Å². The Hall–Kier alpha value is -4.85. The summed E-state index contributed by atoms with van der Waals surface area (Å²) in [6.07, 6.45) is 1.38. The van der Waals surface area contributed by atoms with Gasteiger partial charge in [-0.25, -0.2) is 19.1 Å². The number of likely N-dealkylation sites (N-methyl/N-ethyl adjacent to an activating group) is 1. The number of rotatable bonds is 13. The van der Waals surface area contributed by atoms with E-state index in [-0.39, 0.29) is 17.6 Å². The maximum absolute atomic E-state index is 14.9. The van der Waals surface area contributed by atoms with Crippen LogP contribution in [0.3, 0.4) is 0 Å². The summed E-state index contributed by atoms with van der Waals surface area (Å²) >= 11 is 6.20. The fourth-order valence-electron chi connectivity index (χ4n) is 5.09. The molecule has 3 aromatic carbocycles. The third-order valence-corrected chi connectivity index (χ3v) is 7.91. The largest absolute Gasteiger partial charge is 0.497 e. The minimum atomic E-state index is -0.830. The van der Waals surface area contributed by atoms with Crippen LogP contribution in [0.4, 0.5) is 32.2 Å². The normalized spacial score (nSPS) is 13.5. The second kappa shape index (κ2) is 16.3. The first kappa shape index (κ1) is 34.5. The van der Waals surface area contributed by atoms with Gasteiger partial charge in [-0.3, -0.25) is 0 Å². The zero-order chi connectivity index (χ0) is 34.0. The standard InChI is InChI=1S/C34H38ClFN6O6/c1-40-15-17-41(18-16-40)14-5-19-47-29-11-7-24(21-26(29)36)38-33-37-13-12-32(39-33)48-34(43)42(27-9-6-23(35)20-30(27)45-3)28-10-8-25(44-2)22-31(28)46-4/h6-13,20-22H,5,14-19H2,1-4H3,(H,37,38,39). The van der Waals surface area contributed by atoms with E-state index < -0.39 is 11.9 Å². The molecule has 0 aliphatic carbocycles. The highest BCUT2D eigenvalue weighted by molar-refractivity contribution is 6.30. The van der Waals surface area contributed by atoms with Gasteiger partial charge in [-0.05, 0) is 49.9 Å². The van der Waals surface area contributed by atoms with Crippen molar-refractivity contribution in [1.29, 1.82) is 0 Å². The van der Waals surface area contributed by atoms with E-state index in [1.165, 1.54) is 44.6 Å². The molecule has 1 amide bonds. The minimum Gasteiger partial charge on any atom is -0.497 e. The van der Waals surface area contributed by atoms with Gasteiger partial charge in [0.1, 0.15) is 17.2 Å². The molecule has 1 aromatic heterocycles. The number of benzene rings is 3. The molecule has 0 radical (unpaired) electrons. The summed E-state index contributed by atoms with van der Waals surface area (Å²) in [5, 5.41) is 3.36. The number of ether oxygens (including phenoxy) is 5. The van der Waals surface area contributed by atoms with E-state index in [2.05, 4.69) is 32.1 Å². The molecule has 0 unspecified atom stereocenters. The molecule has 1 saturated heterocycles. The molecular formula is C34H38ClFN6O6. The van der Waals surface area contributed by atoms with E-state index >= 15 is 0 Å². The lowest BCUT2D eigenvalue weighted by molar-refractivity contribution is 0.145. The predicted octanol–water partition coefficient (Wildman–Crippen LogP) is 6.39. The van der Waals surface area contributed by atoms with E-state index in [1.807, 2.05) is 0 Å². The molecule has 0 atom stereocenters. The number of halogens is 2. The van der Waals surface area contributed by atoms with Gasteiger partial charge in [-0.2, -0.15) is 4.98 Å². The number of hydrogen-bond donors (Lipinski definition) is 1. The van der Waals surface area contributed by atoms with Crippen LogP contribution in [0, 0.1) is 5.82 Å². The zero-order valence-electron chi connectivity index (χ0n) is 27.2. The van der Waals surface area contributed by atoms with E-state index in [0.29, 0.717) is 45.9 Å². The molecule has 0 bridgehead atoms. The molecule has 254 valence electrons. The molecule has 1 aliphatic heterocycles. The number of hydrogen-bond acceptors (Lipinski definition) is 11. The van der Waals surface area contributed by atoms with Crippen molar-refractivity contribution in [1.82, 2.24) is 19.8 Å². The molecule has 5 rings (SSSR count). The first-order valence-electron chi connectivity index (χ1n) is 15.3. The highest BCUT2D eigenvalue weighted by Crippen LogP contribution is 2.41. The molecular weight excluding hydrogens is 643 g/mol. The average molecular weight is 681 g/mol. The number of anilines is 4. The zero-order valence-corrected chi connectivity index (χ0v) is 28.0. The van der Waals surface area contributed by atoms with Crippen molar-refractivity contribution in [2.45, 2.75) is 6.42 Å². The van der Waals surface area contributed by atoms with Crippen LogP contribution >= 0.6 is 11.6 Å². The smallest absolute Gasteiger partial charge is 0.426 e. The first-order chi connectivity index (χ1) is 23.3. The van der Waals surface area contributed by atoms with E-state index in [4.69, 9.17) is 35.3 Å². The third kappa shape index (κ3) is 8.73. The quantitative estimate of drug-likeness (QED) is 0.159. The van der Waals surface area contributed by atoms with Gasteiger partial charge in [0.05, 0.1) is 39.3 Å². The monoisotopic (exact) mass is 680 g/mol. The molecule has 1 N–H and O–H groups in total. The van der Waals surface area contributed by atoms with E-state index in [1.54, 1.807) is 48.5 Å². The lowest BCUT2D eigenvalue weighted by Crippen LogP contribution is -2.44. The number of methoxy groups -OCH3 is 3. The van der Waals surface area contributed by atoms with Crippen molar-refractivity contribution in [3.05, 3.63) is 77.7 Å². The van der Waals surface area contributed by atoms with Crippen LogP contribution in [-0.2, 0) is 0 Å². The SMILES string of the molecule is COc1ccc(N(C(=O)Oc2ccnc(Nc3ccc(OCCCN4CCN(C)CC4)c(F)c3)n2)c2ccc(Cl)cc2OC)c(OC)c1. The summed E-state index contributed by atoms with van der Waals surface area (Å²) in [4.78, 5) is 28.3. The van der Waals surface area contributed by atoms with Gasteiger partial charge in [-0.15, -0.1) is 0 Å². The van der Waals surface area contributed by atoms with Gasteiger partial charge in [0.25, 0.3) is 0 Å². The van der Waals surface area contributed by atoms with Gasteiger partial charge in [-0.1, -0.05) is 11.6 Å². The highest BCUT2D eigenvalue weighted by atomic mass is 35.5. The number of nitrogens with zero attached hydrogens (tertiary/aromatic N) is 5. The predicted molar refractivity (Wildman–Crippen MR) is 181 cm³/mol. The summed E-state index contributed by atoms with van der Waals surface area (Å²) in [5.74, 6) is 0.819. The molecule has 0 saturated carbocycles. The van der Waals surface area contributed by atoms with Crippen molar-refractivity contribution < 1.29 is 32.9 Å². The second-order valence-electron chi connectivity index (χ2n) is 10.9. The molecule has 2 heterocycles. The molecule has 1 aliphatic rings. The molecule has 1 fully saturated rings. The van der Waals surface area contributed by atoms with Crippen LogP contribution in [0.2, 0.25) is 5.02 Å². The van der Waals surface area contributed by atoms with Crippen LogP contribution < -0.4 is 33.9 Å². The molecule has 4 aromatic rings. The summed E-state index contributed by atoms with van der Waals surface area (Å²) in [7, 11) is 6.58. The molecule has 12 nitrogen and oxygen atoms in total. The van der Waals surface area contributed by atoms with Gasteiger partial charge in [0.2, 0.25) is 11.8 Å². The van der Waals surface area contributed by atoms with Crippen LogP contribution in [-0.4, -0.2) is 93.6 Å². The Labute approximate surface area is 283 Å². The maximum atomic E-state index is 14.9. The molecule has 0 spiro atoms. The fourth-order valence-corrected chi connectivity index (χ4v) is 5.26. The van der Waals surface area contributed by atoms with Gasteiger partial charge in [0.15, 0.2) is 11.6 Å². The summed E-state index contributed by atoms with van der Waals surface area (Å²) < 4.78 is 42.7. The van der Waals surface area contributed by atoms with Crippen molar-refractivity contribution >= 4 is 40.7 Å². The Kier molecular flexibility index (Phi) is 11.7. The summed E-state index contributed by atoms with van der Waals surface area (Å²) in [6, 6.07) is 15.7. The second-order valence-corrected chi connectivity index (χ2v) is 11.3. The number of piperazine rings is 1. The van der Waals surface area contributed by atoms with Crippen molar-refractivity contribution in [3.8, 4) is 28.9 Å². The van der Waals surface area contributed by atoms with Crippen molar-refractivity contribution in [2.75, 3.05) is 77.9 Å². The summed E-state index contributed by atoms with van der Waals surface area (Å²) in [6.45, 7) is 5.48. The van der Waals surface area contributed by atoms with Crippen molar-refractivity contribution in [2.24, 2.45) is 0 Å². The number of aromatic nitrogens is 2. The number of nitrogens with one attached hydrogen (secondary N) is 1. The third-order valence-electron chi connectivity index (χ3n) is 7.68. The van der Waals surface area contributed by atoms with Crippen LogP contribution in [0.25, 0.3) is 0 Å². The van der Waals surface area contributed by atoms with E-state index in [0.717, 1.165) is 39.1 Å².